The molecule has 20 heavy (non-hydrogen) atoms. The Bertz CT molecular complexity index is 429. The first-order chi connectivity index (χ1) is 9.78. The lowest BCUT2D eigenvalue weighted by Gasteiger charge is -2.34. The minimum absolute atomic E-state index is 0.352. The van der Waals surface area contributed by atoms with Gasteiger partial charge in [0.15, 0.2) is 0 Å². The number of ether oxygens (including phenoxy) is 2. The van der Waals surface area contributed by atoms with Crippen LogP contribution < -0.4 is 9.47 Å². The lowest BCUT2D eigenvalue weighted by molar-refractivity contribution is 0.183. The van der Waals surface area contributed by atoms with Crippen molar-refractivity contribution >= 4 is 0 Å². The van der Waals surface area contributed by atoms with E-state index in [1.54, 1.807) is 0 Å². The first-order valence-corrected chi connectivity index (χ1v) is 7.48. The Morgan fingerprint density at radius 3 is 2.45 bits per heavy atom. The number of unbranched alkanes of at least 4 members (excludes halogenated alkanes) is 1. The van der Waals surface area contributed by atoms with Gasteiger partial charge in [0.2, 0.25) is 0 Å². The quantitative estimate of drug-likeness (QED) is 0.499. The number of hydrogen-bond acceptors (Lipinski definition) is 4. The molecule has 1 saturated carbocycles. The maximum Gasteiger partial charge on any atom is 0.122 e. The number of nitrogens with zero attached hydrogens (tertiary/aromatic N) is 1. The SMILES string of the molecule is CCCCOc1cccc(OCCC2(N=O)CCC2)c1. The van der Waals surface area contributed by atoms with E-state index < -0.39 is 0 Å². The number of rotatable bonds is 9. The van der Waals surface area contributed by atoms with Gasteiger partial charge < -0.3 is 9.47 Å². The summed E-state index contributed by atoms with van der Waals surface area (Å²) < 4.78 is 11.3. The molecule has 0 N–H and O–H groups in total. The monoisotopic (exact) mass is 277 g/mol. The summed E-state index contributed by atoms with van der Waals surface area (Å²) in [5.74, 6) is 1.63. The zero-order valence-corrected chi connectivity index (χ0v) is 12.1. The molecule has 2 rings (SSSR count). The van der Waals surface area contributed by atoms with Gasteiger partial charge in [0.05, 0.1) is 13.2 Å². The Morgan fingerprint density at radius 1 is 1.20 bits per heavy atom. The summed E-state index contributed by atoms with van der Waals surface area (Å²) in [5, 5.41) is 3.27. The summed E-state index contributed by atoms with van der Waals surface area (Å²) in [4.78, 5) is 10.8. The summed E-state index contributed by atoms with van der Waals surface area (Å²) in [6.45, 7) is 3.41. The number of benzene rings is 1. The van der Waals surface area contributed by atoms with E-state index in [0.29, 0.717) is 13.0 Å². The van der Waals surface area contributed by atoms with Crippen molar-refractivity contribution in [3.05, 3.63) is 29.2 Å². The van der Waals surface area contributed by atoms with Crippen LogP contribution in [0.5, 0.6) is 11.5 Å². The predicted octanol–water partition coefficient (Wildman–Crippen LogP) is 4.32. The van der Waals surface area contributed by atoms with E-state index in [9.17, 15) is 4.91 Å². The first kappa shape index (κ1) is 14.8. The second-order valence-electron chi connectivity index (χ2n) is 5.44. The molecule has 0 atom stereocenters. The van der Waals surface area contributed by atoms with Crippen LogP contribution >= 0.6 is 0 Å². The molecule has 1 aliphatic carbocycles. The van der Waals surface area contributed by atoms with E-state index in [-0.39, 0.29) is 5.54 Å². The third kappa shape index (κ3) is 3.95. The van der Waals surface area contributed by atoms with Crippen molar-refractivity contribution in [1.82, 2.24) is 0 Å². The van der Waals surface area contributed by atoms with Crippen molar-refractivity contribution in [2.45, 2.75) is 51.0 Å². The topological polar surface area (TPSA) is 47.9 Å². The summed E-state index contributed by atoms with van der Waals surface area (Å²) in [6, 6.07) is 7.67. The molecule has 1 fully saturated rings. The van der Waals surface area contributed by atoms with Crippen LogP contribution in [0.15, 0.2) is 29.4 Å². The van der Waals surface area contributed by atoms with Crippen molar-refractivity contribution in [3.63, 3.8) is 0 Å². The van der Waals surface area contributed by atoms with E-state index in [1.807, 2.05) is 24.3 Å². The van der Waals surface area contributed by atoms with E-state index >= 15 is 0 Å². The van der Waals surface area contributed by atoms with E-state index in [2.05, 4.69) is 12.1 Å². The van der Waals surface area contributed by atoms with Crippen molar-refractivity contribution in [2.24, 2.45) is 5.18 Å². The normalized spacial score (nSPS) is 16.2. The fraction of sp³-hybridized carbons (Fsp3) is 0.625. The Kier molecular flexibility index (Phi) is 5.39. The van der Waals surface area contributed by atoms with Crippen molar-refractivity contribution in [2.75, 3.05) is 13.2 Å². The van der Waals surface area contributed by atoms with Crippen LogP contribution in [-0.4, -0.2) is 18.8 Å². The molecule has 0 saturated heterocycles. The molecule has 1 aromatic carbocycles. The van der Waals surface area contributed by atoms with Gasteiger partial charge in [-0.2, -0.15) is 4.91 Å². The summed E-state index contributed by atoms with van der Waals surface area (Å²) in [6.07, 6.45) is 5.79. The molecule has 0 spiro atoms. The Morgan fingerprint density at radius 2 is 1.90 bits per heavy atom. The fourth-order valence-electron chi connectivity index (χ4n) is 2.32. The van der Waals surface area contributed by atoms with Crippen LogP contribution in [-0.2, 0) is 0 Å². The van der Waals surface area contributed by atoms with Crippen LogP contribution in [0.2, 0.25) is 0 Å². The van der Waals surface area contributed by atoms with Gasteiger partial charge >= 0.3 is 0 Å². The zero-order valence-electron chi connectivity index (χ0n) is 12.1. The molecule has 0 radical (unpaired) electrons. The Labute approximate surface area is 120 Å². The second-order valence-corrected chi connectivity index (χ2v) is 5.44. The van der Waals surface area contributed by atoms with E-state index in [0.717, 1.165) is 50.2 Å². The molecule has 0 aromatic heterocycles. The summed E-state index contributed by atoms with van der Waals surface area (Å²) >= 11 is 0. The van der Waals surface area contributed by atoms with Crippen LogP contribution in [0.25, 0.3) is 0 Å². The highest BCUT2D eigenvalue weighted by molar-refractivity contribution is 5.32. The summed E-state index contributed by atoms with van der Waals surface area (Å²) in [7, 11) is 0. The molecule has 0 aliphatic heterocycles. The van der Waals surface area contributed by atoms with Crippen LogP contribution in [0, 0.1) is 4.91 Å². The summed E-state index contributed by atoms with van der Waals surface area (Å²) in [5.41, 5.74) is -0.352. The van der Waals surface area contributed by atoms with Crippen LogP contribution in [0.1, 0.15) is 45.4 Å². The molecule has 4 heteroatoms. The van der Waals surface area contributed by atoms with Gasteiger partial charge in [0, 0.05) is 12.5 Å². The smallest absolute Gasteiger partial charge is 0.122 e. The van der Waals surface area contributed by atoms with Gasteiger partial charge in [-0.15, -0.1) is 0 Å². The van der Waals surface area contributed by atoms with Gasteiger partial charge in [-0.1, -0.05) is 24.6 Å². The van der Waals surface area contributed by atoms with E-state index in [1.165, 1.54) is 0 Å². The molecule has 4 nitrogen and oxygen atoms in total. The lowest BCUT2D eigenvalue weighted by Crippen LogP contribution is -2.36. The highest BCUT2D eigenvalue weighted by Crippen LogP contribution is 2.38. The predicted molar refractivity (Wildman–Crippen MR) is 79.3 cm³/mol. The third-order valence-electron chi connectivity index (χ3n) is 3.89. The van der Waals surface area contributed by atoms with Crippen LogP contribution in [0.3, 0.4) is 0 Å². The minimum Gasteiger partial charge on any atom is -0.493 e. The number of nitroso groups, excluding NO2 is 1. The number of hydrogen-bond donors (Lipinski definition) is 0. The molecule has 0 unspecified atom stereocenters. The van der Waals surface area contributed by atoms with Crippen molar-refractivity contribution < 1.29 is 9.47 Å². The Balaban J connectivity index is 1.77. The Hall–Kier alpha value is -1.58. The average Bonchev–Trinajstić information content (AvgIpc) is 2.43. The molecular formula is C16H23NO3. The average molecular weight is 277 g/mol. The molecule has 0 amide bonds. The maximum absolute atomic E-state index is 10.8. The molecule has 110 valence electrons. The molecule has 0 heterocycles. The standard InChI is InChI=1S/C16H23NO3/c1-2-3-11-19-14-6-4-7-15(13-14)20-12-10-16(17-18)8-5-9-16/h4,6-7,13H,2-3,5,8-12H2,1H3. The molecule has 0 bridgehead atoms. The van der Waals surface area contributed by atoms with Gasteiger partial charge in [-0.25, -0.2) is 0 Å². The molecule has 1 aromatic rings. The van der Waals surface area contributed by atoms with Gasteiger partial charge in [-0.3, -0.25) is 0 Å². The minimum atomic E-state index is -0.352. The largest absolute Gasteiger partial charge is 0.493 e. The van der Waals surface area contributed by atoms with Crippen molar-refractivity contribution in [1.29, 1.82) is 0 Å². The fourth-order valence-corrected chi connectivity index (χ4v) is 2.32. The second kappa shape index (κ2) is 7.27. The van der Waals surface area contributed by atoms with Crippen LogP contribution in [0.4, 0.5) is 0 Å². The van der Waals surface area contributed by atoms with Gasteiger partial charge in [0.1, 0.15) is 17.0 Å². The first-order valence-electron chi connectivity index (χ1n) is 7.48. The maximum atomic E-state index is 10.8. The third-order valence-corrected chi connectivity index (χ3v) is 3.89. The highest BCUT2D eigenvalue weighted by Gasteiger charge is 2.38. The zero-order chi connectivity index (χ0) is 14.3. The van der Waals surface area contributed by atoms with Gasteiger partial charge in [0.25, 0.3) is 0 Å². The molecule has 1 aliphatic rings. The van der Waals surface area contributed by atoms with Crippen molar-refractivity contribution in [3.8, 4) is 11.5 Å². The lowest BCUT2D eigenvalue weighted by atomic mass is 9.75. The van der Waals surface area contributed by atoms with Gasteiger partial charge in [-0.05, 0) is 37.8 Å². The van der Waals surface area contributed by atoms with E-state index in [4.69, 9.17) is 9.47 Å². The molecular weight excluding hydrogens is 254 g/mol. The highest BCUT2D eigenvalue weighted by atomic mass is 16.5.